The molecule has 2 aliphatic carbocycles. The number of nitrogens with zero attached hydrogens (tertiary/aromatic N) is 4. The van der Waals surface area contributed by atoms with Crippen LogP contribution in [0.3, 0.4) is 0 Å². The van der Waals surface area contributed by atoms with Crippen molar-refractivity contribution in [1.82, 2.24) is 24.8 Å². The van der Waals surface area contributed by atoms with Gasteiger partial charge < -0.3 is 9.88 Å². The van der Waals surface area contributed by atoms with Crippen molar-refractivity contribution in [2.75, 3.05) is 6.54 Å². The van der Waals surface area contributed by atoms with Crippen molar-refractivity contribution in [2.45, 2.75) is 57.4 Å². The fourth-order valence-electron chi connectivity index (χ4n) is 5.58. The highest BCUT2D eigenvalue weighted by atomic mass is 16.2. The van der Waals surface area contributed by atoms with Gasteiger partial charge in [-0.2, -0.15) is 0 Å². The Labute approximate surface area is 170 Å². The van der Waals surface area contributed by atoms with Crippen LogP contribution in [0.25, 0.3) is 11.0 Å². The third-order valence-corrected chi connectivity index (χ3v) is 7.77. The van der Waals surface area contributed by atoms with Gasteiger partial charge >= 0.3 is 0 Å². The molecular formula is C23H27N5O. The van der Waals surface area contributed by atoms with E-state index < -0.39 is 5.41 Å². The SMILES string of the molecule is CC12CCC(C(=O)NCCCn3ccnc3)(c3nc4ccccc4nc31)C2(C)C. The standard InChI is InChI=1S/C23H27N5O/c1-21(2)22(3)9-10-23(21,20(29)25-11-6-13-28-14-12-24-15-28)19-18(22)26-16-7-4-5-8-17(16)27-19/h4-5,7-8,12,14-15H,6,9-11,13H2,1-3H3,(H,25,29). The summed E-state index contributed by atoms with van der Waals surface area (Å²) in [5, 5.41) is 3.23. The van der Waals surface area contributed by atoms with Crippen LogP contribution in [0.15, 0.2) is 43.0 Å². The van der Waals surface area contributed by atoms with Crippen LogP contribution in [0.1, 0.15) is 51.4 Å². The maximum Gasteiger partial charge on any atom is 0.232 e. The zero-order valence-corrected chi connectivity index (χ0v) is 17.3. The minimum atomic E-state index is -0.622. The molecule has 0 saturated heterocycles. The van der Waals surface area contributed by atoms with Crippen molar-refractivity contribution in [1.29, 1.82) is 0 Å². The third kappa shape index (κ3) is 2.28. The highest BCUT2D eigenvalue weighted by Crippen LogP contribution is 2.70. The van der Waals surface area contributed by atoms with Gasteiger partial charge in [0.1, 0.15) is 0 Å². The van der Waals surface area contributed by atoms with Crippen LogP contribution < -0.4 is 5.32 Å². The molecule has 2 heterocycles. The number of benzene rings is 1. The molecule has 1 N–H and O–H groups in total. The fraction of sp³-hybridized carbons (Fsp3) is 0.478. The minimum Gasteiger partial charge on any atom is -0.355 e. The molecule has 2 bridgehead atoms. The highest BCUT2D eigenvalue weighted by molar-refractivity contribution is 5.92. The summed E-state index contributed by atoms with van der Waals surface area (Å²) in [6.45, 7) is 8.19. The maximum absolute atomic E-state index is 13.6. The first-order valence-corrected chi connectivity index (χ1v) is 10.4. The summed E-state index contributed by atoms with van der Waals surface area (Å²) < 4.78 is 2.03. The number of imidazole rings is 1. The number of amides is 1. The van der Waals surface area contributed by atoms with Gasteiger partial charge in [-0.15, -0.1) is 0 Å². The van der Waals surface area contributed by atoms with Crippen LogP contribution in [0, 0.1) is 5.41 Å². The highest BCUT2D eigenvalue weighted by Gasteiger charge is 2.73. The van der Waals surface area contributed by atoms with Crippen LogP contribution in [-0.2, 0) is 22.2 Å². The van der Waals surface area contributed by atoms with E-state index in [0.29, 0.717) is 6.54 Å². The maximum atomic E-state index is 13.6. The second kappa shape index (κ2) is 6.12. The number of carbonyl (C=O) groups is 1. The first-order chi connectivity index (χ1) is 13.9. The molecule has 2 unspecified atom stereocenters. The summed E-state index contributed by atoms with van der Waals surface area (Å²) in [7, 11) is 0. The summed E-state index contributed by atoms with van der Waals surface area (Å²) in [6, 6.07) is 7.97. The number of carbonyl (C=O) groups excluding carboxylic acids is 1. The number of fused-ring (bicyclic) bond motifs is 6. The number of rotatable bonds is 5. The van der Waals surface area contributed by atoms with Crippen LogP contribution in [0.4, 0.5) is 0 Å². The predicted octanol–water partition coefficient (Wildman–Crippen LogP) is 3.36. The Bertz CT molecular complexity index is 1090. The van der Waals surface area contributed by atoms with Crippen molar-refractivity contribution in [2.24, 2.45) is 5.41 Å². The number of hydrogen-bond donors (Lipinski definition) is 1. The van der Waals surface area contributed by atoms with Crippen LogP contribution in [0.5, 0.6) is 0 Å². The number of aromatic nitrogens is 4. The summed E-state index contributed by atoms with van der Waals surface area (Å²) >= 11 is 0. The summed E-state index contributed by atoms with van der Waals surface area (Å²) in [5.41, 5.74) is 2.67. The molecule has 2 aromatic heterocycles. The molecule has 6 nitrogen and oxygen atoms in total. The number of nitrogens with one attached hydrogen (secondary N) is 1. The van der Waals surface area contributed by atoms with E-state index in [2.05, 4.69) is 31.1 Å². The van der Waals surface area contributed by atoms with E-state index in [0.717, 1.165) is 48.2 Å². The largest absolute Gasteiger partial charge is 0.355 e. The topological polar surface area (TPSA) is 72.7 Å². The van der Waals surface area contributed by atoms with E-state index >= 15 is 0 Å². The van der Waals surface area contributed by atoms with E-state index in [1.807, 2.05) is 35.0 Å². The molecule has 0 spiro atoms. The molecule has 29 heavy (non-hydrogen) atoms. The van der Waals surface area contributed by atoms with Crippen LogP contribution in [-0.4, -0.2) is 32.0 Å². The molecular weight excluding hydrogens is 362 g/mol. The average Bonchev–Trinajstić information content (AvgIpc) is 3.33. The van der Waals surface area contributed by atoms with E-state index in [1.54, 1.807) is 12.5 Å². The third-order valence-electron chi connectivity index (χ3n) is 7.77. The van der Waals surface area contributed by atoms with Crippen molar-refractivity contribution in [3.8, 4) is 0 Å². The van der Waals surface area contributed by atoms with Crippen molar-refractivity contribution >= 4 is 16.9 Å². The Kier molecular flexibility index (Phi) is 3.86. The lowest BCUT2D eigenvalue weighted by atomic mass is 9.63. The quantitative estimate of drug-likeness (QED) is 0.679. The summed E-state index contributed by atoms with van der Waals surface area (Å²) in [4.78, 5) is 27.7. The molecule has 1 amide bonds. The van der Waals surface area contributed by atoms with E-state index in [9.17, 15) is 4.79 Å². The van der Waals surface area contributed by atoms with E-state index in [4.69, 9.17) is 9.97 Å². The van der Waals surface area contributed by atoms with Gasteiger partial charge in [-0.3, -0.25) is 4.79 Å². The van der Waals surface area contributed by atoms with Crippen molar-refractivity contribution < 1.29 is 4.79 Å². The molecule has 1 saturated carbocycles. The first kappa shape index (κ1) is 18.3. The zero-order valence-electron chi connectivity index (χ0n) is 17.3. The van der Waals surface area contributed by atoms with Gasteiger partial charge in [-0.05, 0) is 36.8 Å². The summed E-state index contributed by atoms with van der Waals surface area (Å²) in [6.07, 6.45) is 8.18. The van der Waals surface area contributed by atoms with Crippen molar-refractivity contribution in [3.63, 3.8) is 0 Å². The molecule has 2 atom stereocenters. The molecule has 2 aliphatic rings. The van der Waals surface area contributed by atoms with Gasteiger partial charge in [0.2, 0.25) is 5.91 Å². The van der Waals surface area contributed by atoms with Gasteiger partial charge in [0, 0.05) is 30.9 Å². The normalized spacial score (nSPS) is 26.6. The number of hydrogen-bond acceptors (Lipinski definition) is 4. The first-order valence-electron chi connectivity index (χ1n) is 10.4. The number of aryl methyl sites for hydroxylation is 1. The molecule has 1 fully saturated rings. The molecule has 0 aliphatic heterocycles. The monoisotopic (exact) mass is 389 g/mol. The Morgan fingerprint density at radius 3 is 2.52 bits per heavy atom. The Morgan fingerprint density at radius 1 is 1.10 bits per heavy atom. The van der Waals surface area contributed by atoms with Gasteiger partial charge in [0.05, 0.1) is 34.2 Å². The molecule has 6 heteroatoms. The van der Waals surface area contributed by atoms with Crippen LogP contribution in [0.2, 0.25) is 0 Å². The van der Waals surface area contributed by atoms with E-state index in [1.165, 1.54) is 0 Å². The second-order valence-corrected chi connectivity index (χ2v) is 9.18. The fourth-order valence-corrected chi connectivity index (χ4v) is 5.58. The van der Waals surface area contributed by atoms with Gasteiger partial charge in [-0.25, -0.2) is 15.0 Å². The van der Waals surface area contributed by atoms with Gasteiger partial charge in [0.15, 0.2) is 0 Å². The lowest BCUT2D eigenvalue weighted by Gasteiger charge is -2.39. The molecule has 1 aromatic carbocycles. The Hall–Kier alpha value is -2.76. The smallest absolute Gasteiger partial charge is 0.232 e. The molecule has 150 valence electrons. The second-order valence-electron chi connectivity index (χ2n) is 9.18. The lowest BCUT2D eigenvalue weighted by Crippen LogP contribution is -2.51. The Balaban J connectivity index is 1.48. The van der Waals surface area contributed by atoms with Gasteiger partial charge in [0.25, 0.3) is 0 Å². The molecule has 0 radical (unpaired) electrons. The lowest BCUT2D eigenvalue weighted by molar-refractivity contribution is -0.130. The molecule has 5 rings (SSSR count). The van der Waals surface area contributed by atoms with Crippen molar-refractivity contribution in [3.05, 3.63) is 54.4 Å². The van der Waals surface area contributed by atoms with Crippen LogP contribution >= 0.6 is 0 Å². The molecule has 3 aromatic rings. The Morgan fingerprint density at radius 2 is 1.83 bits per heavy atom. The number of para-hydroxylation sites is 2. The van der Waals surface area contributed by atoms with Gasteiger partial charge in [-0.1, -0.05) is 32.9 Å². The predicted molar refractivity (Wildman–Crippen MR) is 111 cm³/mol. The average molecular weight is 390 g/mol. The summed E-state index contributed by atoms with van der Waals surface area (Å²) in [5.74, 6) is 0.0974. The minimum absolute atomic E-state index is 0.0974. The van der Waals surface area contributed by atoms with E-state index in [-0.39, 0.29) is 16.7 Å². The zero-order chi connectivity index (χ0) is 20.3.